The number of nitrogens with one attached hydrogen (secondary N) is 1. The highest BCUT2D eigenvalue weighted by Crippen LogP contribution is 2.28. The Morgan fingerprint density at radius 3 is 2.52 bits per heavy atom. The van der Waals surface area contributed by atoms with Crippen LogP contribution in [0.15, 0.2) is 34.9 Å². The van der Waals surface area contributed by atoms with Crippen LogP contribution in [0.4, 0.5) is 0 Å². The van der Waals surface area contributed by atoms with Gasteiger partial charge in [-0.2, -0.15) is 0 Å². The van der Waals surface area contributed by atoms with Crippen molar-refractivity contribution in [1.82, 2.24) is 15.3 Å². The second-order valence-corrected chi connectivity index (χ2v) is 6.33. The number of aromatic nitrogens is 2. The maximum absolute atomic E-state index is 12.5. The van der Waals surface area contributed by atoms with Gasteiger partial charge in [0, 0.05) is 10.7 Å². The van der Waals surface area contributed by atoms with E-state index >= 15 is 0 Å². The molecule has 0 radical (unpaired) electrons. The number of carbonyl (C=O) groups excluding carboxylic acids is 1. The zero-order chi connectivity index (χ0) is 15.6. The van der Waals surface area contributed by atoms with Crippen molar-refractivity contribution < 1.29 is 4.79 Å². The average molecular weight is 348 g/mol. The van der Waals surface area contributed by atoms with Gasteiger partial charge < -0.3 is 5.32 Å². The van der Waals surface area contributed by atoms with E-state index < -0.39 is 5.54 Å². The average Bonchev–Trinajstić information content (AvgIpc) is 2.38. The monoisotopic (exact) mass is 347 g/mol. The molecule has 2 aromatic rings. The van der Waals surface area contributed by atoms with Crippen LogP contribution in [0, 0.1) is 13.8 Å². The topological polar surface area (TPSA) is 54.9 Å². The van der Waals surface area contributed by atoms with Crippen molar-refractivity contribution in [2.75, 3.05) is 0 Å². The van der Waals surface area contributed by atoms with Gasteiger partial charge in [-0.3, -0.25) is 4.79 Å². The zero-order valence-electron chi connectivity index (χ0n) is 12.6. The van der Waals surface area contributed by atoms with Gasteiger partial charge in [0.05, 0.1) is 16.8 Å². The van der Waals surface area contributed by atoms with E-state index in [0.29, 0.717) is 17.1 Å². The summed E-state index contributed by atoms with van der Waals surface area (Å²) in [6, 6.07) is 7.85. The van der Waals surface area contributed by atoms with Crippen molar-refractivity contribution in [3.8, 4) is 0 Å². The Hall–Kier alpha value is -1.75. The SMILES string of the molecule is Cc1ncc(C(=O)NC(C)(C)c2ccccc2Br)c(C)n1. The fourth-order valence-electron chi connectivity index (χ4n) is 2.19. The van der Waals surface area contributed by atoms with Crippen LogP contribution in [0.1, 0.15) is 41.3 Å². The molecule has 0 aliphatic carbocycles. The molecule has 5 heteroatoms. The smallest absolute Gasteiger partial charge is 0.255 e. The summed E-state index contributed by atoms with van der Waals surface area (Å²) in [5, 5.41) is 3.04. The highest BCUT2D eigenvalue weighted by Gasteiger charge is 2.26. The minimum atomic E-state index is -0.505. The molecule has 1 aromatic heterocycles. The molecule has 2 rings (SSSR count). The molecule has 21 heavy (non-hydrogen) atoms. The van der Waals surface area contributed by atoms with E-state index in [2.05, 4.69) is 31.2 Å². The van der Waals surface area contributed by atoms with Crippen LogP contribution in [0.25, 0.3) is 0 Å². The third-order valence-corrected chi connectivity index (χ3v) is 4.01. The lowest BCUT2D eigenvalue weighted by Crippen LogP contribution is -2.41. The van der Waals surface area contributed by atoms with Crippen molar-refractivity contribution in [3.05, 3.63) is 57.6 Å². The van der Waals surface area contributed by atoms with Gasteiger partial charge in [0.1, 0.15) is 5.82 Å². The Morgan fingerprint density at radius 1 is 1.24 bits per heavy atom. The molecule has 1 aromatic carbocycles. The van der Waals surface area contributed by atoms with E-state index in [1.807, 2.05) is 45.0 Å². The van der Waals surface area contributed by atoms with Gasteiger partial charge >= 0.3 is 0 Å². The standard InChI is InChI=1S/C16H18BrN3O/c1-10-12(9-18-11(2)19-10)15(21)20-16(3,4)13-7-5-6-8-14(13)17/h5-9H,1-4H3,(H,20,21). The second kappa shape index (κ2) is 5.93. The first-order valence-corrected chi connectivity index (χ1v) is 7.48. The van der Waals surface area contributed by atoms with Crippen LogP contribution in [-0.2, 0) is 5.54 Å². The Kier molecular flexibility index (Phi) is 4.42. The summed E-state index contributed by atoms with van der Waals surface area (Å²) in [6.45, 7) is 7.56. The summed E-state index contributed by atoms with van der Waals surface area (Å²) in [5.74, 6) is 0.488. The molecular weight excluding hydrogens is 330 g/mol. The fraction of sp³-hybridized carbons (Fsp3) is 0.312. The molecule has 4 nitrogen and oxygen atoms in total. The van der Waals surface area contributed by atoms with E-state index in [1.165, 1.54) is 0 Å². The molecule has 1 heterocycles. The lowest BCUT2D eigenvalue weighted by molar-refractivity contribution is 0.0910. The molecule has 0 bridgehead atoms. The van der Waals surface area contributed by atoms with Crippen LogP contribution < -0.4 is 5.32 Å². The van der Waals surface area contributed by atoms with Crippen LogP contribution in [0.5, 0.6) is 0 Å². The number of amides is 1. The number of rotatable bonds is 3. The van der Waals surface area contributed by atoms with Crippen molar-refractivity contribution >= 4 is 21.8 Å². The number of aryl methyl sites for hydroxylation is 2. The molecule has 1 N–H and O–H groups in total. The minimum Gasteiger partial charge on any atom is -0.343 e. The quantitative estimate of drug-likeness (QED) is 0.923. The number of hydrogen-bond acceptors (Lipinski definition) is 3. The summed E-state index contributed by atoms with van der Waals surface area (Å²) in [4.78, 5) is 20.8. The zero-order valence-corrected chi connectivity index (χ0v) is 14.2. The highest BCUT2D eigenvalue weighted by molar-refractivity contribution is 9.10. The molecule has 0 fully saturated rings. The van der Waals surface area contributed by atoms with Gasteiger partial charge in [0.15, 0.2) is 0 Å². The lowest BCUT2D eigenvalue weighted by Gasteiger charge is -2.28. The number of nitrogens with zero attached hydrogens (tertiary/aromatic N) is 2. The Balaban J connectivity index is 2.28. The molecule has 0 atom stereocenters. The molecular formula is C16H18BrN3O. The summed E-state index contributed by atoms with van der Waals surface area (Å²) >= 11 is 3.53. The summed E-state index contributed by atoms with van der Waals surface area (Å²) in [6.07, 6.45) is 1.57. The second-order valence-electron chi connectivity index (χ2n) is 5.48. The van der Waals surface area contributed by atoms with Gasteiger partial charge in [0.25, 0.3) is 5.91 Å². The van der Waals surface area contributed by atoms with E-state index in [1.54, 1.807) is 13.1 Å². The van der Waals surface area contributed by atoms with E-state index in [4.69, 9.17) is 0 Å². The normalized spacial score (nSPS) is 11.3. The highest BCUT2D eigenvalue weighted by atomic mass is 79.9. The molecule has 0 aliphatic rings. The Labute approximate surface area is 133 Å². The fourth-order valence-corrected chi connectivity index (χ4v) is 2.97. The maximum atomic E-state index is 12.5. The first-order chi connectivity index (χ1) is 9.81. The molecule has 0 unspecified atom stereocenters. The van der Waals surface area contributed by atoms with E-state index in [-0.39, 0.29) is 5.91 Å². The van der Waals surface area contributed by atoms with E-state index in [9.17, 15) is 4.79 Å². The van der Waals surface area contributed by atoms with Gasteiger partial charge in [0.2, 0.25) is 0 Å². The first kappa shape index (κ1) is 15.6. The van der Waals surface area contributed by atoms with Crippen molar-refractivity contribution in [1.29, 1.82) is 0 Å². The van der Waals surface area contributed by atoms with Crippen molar-refractivity contribution in [2.24, 2.45) is 0 Å². The van der Waals surface area contributed by atoms with Crippen LogP contribution in [0.2, 0.25) is 0 Å². The third-order valence-electron chi connectivity index (χ3n) is 3.32. The Morgan fingerprint density at radius 2 is 1.90 bits per heavy atom. The first-order valence-electron chi connectivity index (χ1n) is 6.69. The molecule has 0 spiro atoms. The van der Waals surface area contributed by atoms with Crippen LogP contribution >= 0.6 is 15.9 Å². The lowest BCUT2D eigenvalue weighted by atomic mass is 9.94. The molecule has 0 saturated carbocycles. The molecule has 1 amide bonds. The van der Waals surface area contributed by atoms with Crippen molar-refractivity contribution in [2.45, 2.75) is 33.2 Å². The van der Waals surface area contributed by atoms with Crippen molar-refractivity contribution in [3.63, 3.8) is 0 Å². The van der Waals surface area contributed by atoms with Gasteiger partial charge in [-0.1, -0.05) is 34.1 Å². The number of hydrogen-bond donors (Lipinski definition) is 1. The third kappa shape index (κ3) is 3.47. The van der Waals surface area contributed by atoms with Gasteiger partial charge in [-0.25, -0.2) is 9.97 Å². The number of carbonyl (C=O) groups is 1. The van der Waals surface area contributed by atoms with Crippen LogP contribution in [-0.4, -0.2) is 15.9 Å². The molecule has 110 valence electrons. The number of benzene rings is 1. The maximum Gasteiger partial charge on any atom is 0.255 e. The Bertz CT molecular complexity index is 683. The van der Waals surface area contributed by atoms with E-state index in [0.717, 1.165) is 10.0 Å². The van der Waals surface area contributed by atoms with Crippen LogP contribution in [0.3, 0.4) is 0 Å². The van der Waals surface area contributed by atoms with Gasteiger partial charge in [-0.05, 0) is 39.3 Å². The number of halogens is 1. The largest absolute Gasteiger partial charge is 0.343 e. The predicted molar refractivity (Wildman–Crippen MR) is 86.1 cm³/mol. The predicted octanol–water partition coefficient (Wildman–Crippen LogP) is 3.52. The summed E-state index contributed by atoms with van der Waals surface area (Å²) in [7, 11) is 0. The summed E-state index contributed by atoms with van der Waals surface area (Å²) in [5.41, 5.74) is 1.70. The molecule has 0 aliphatic heterocycles. The summed E-state index contributed by atoms with van der Waals surface area (Å²) < 4.78 is 0.965. The minimum absolute atomic E-state index is 0.173. The molecule has 0 saturated heterocycles. The van der Waals surface area contributed by atoms with Gasteiger partial charge in [-0.15, -0.1) is 0 Å².